The summed E-state index contributed by atoms with van der Waals surface area (Å²) < 4.78 is 5.51. The van der Waals surface area contributed by atoms with E-state index in [4.69, 9.17) is 22.8 Å². The monoisotopic (exact) mass is 437 g/mol. The Morgan fingerprint density at radius 3 is 2.77 bits per heavy atom. The molecule has 2 heterocycles. The molecule has 0 radical (unpaired) electrons. The molecule has 1 amide bonds. The molecule has 0 aliphatic carbocycles. The van der Waals surface area contributed by atoms with Crippen LogP contribution in [0.3, 0.4) is 0 Å². The van der Waals surface area contributed by atoms with Crippen LogP contribution in [0.25, 0.3) is 11.1 Å². The highest BCUT2D eigenvalue weighted by Crippen LogP contribution is 2.49. The Balaban J connectivity index is 1.85. The number of ether oxygens (including phenoxy) is 1. The largest absolute Gasteiger partial charge is 0.481 e. The lowest BCUT2D eigenvalue weighted by Gasteiger charge is -2.24. The van der Waals surface area contributed by atoms with Crippen LogP contribution in [-0.4, -0.2) is 23.6 Å². The molecule has 150 valence electrons. The zero-order valence-corrected chi connectivity index (χ0v) is 17.2. The SMILES string of the molecule is C#CCOc1cccc(C2CC(=O)Nc3c2sc(C(=O)O)c3-c2ccc(Cl)cc2)c1. The molecule has 7 heteroatoms. The quantitative estimate of drug-likeness (QED) is 0.534. The second-order valence-corrected chi connectivity index (χ2v) is 8.22. The number of amides is 1. The van der Waals surface area contributed by atoms with E-state index in [1.54, 1.807) is 30.3 Å². The van der Waals surface area contributed by atoms with Gasteiger partial charge >= 0.3 is 5.97 Å². The lowest BCUT2D eigenvalue weighted by Crippen LogP contribution is -2.22. The van der Waals surface area contributed by atoms with E-state index in [0.717, 1.165) is 10.4 Å². The number of aromatic carboxylic acids is 1. The molecule has 2 N–H and O–H groups in total. The van der Waals surface area contributed by atoms with Crippen molar-refractivity contribution in [2.24, 2.45) is 0 Å². The lowest BCUT2D eigenvalue weighted by molar-refractivity contribution is -0.116. The molecule has 2 aromatic carbocycles. The lowest BCUT2D eigenvalue weighted by atomic mass is 9.88. The first-order chi connectivity index (χ1) is 14.5. The number of carbonyl (C=O) groups excluding carboxylic acids is 1. The molecule has 4 rings (SSSR count). The number of halogens is 1. The summed E-state index contributed by atoms with van der Waals surface area (Å²) in [5.74, 6) is 1.53. The summed E-state index contributed by atoms with van der Waals surface area (Å²) in [7, 11) is 0. The number of thiophene rings is 1. The van der Waals surface area contributed by atoms with E-state index < -0.39 is 5.97 Å². The van der Waals surface area contributed by atoms with E-state index in [2.05, 4.69) is 11.2 Å². The van der Waals surface area contributed by atoms with E-state index in [-0.39, 0.29) is 29.7 Å². The number of hydrogen-bond acceptors (Lipinski definition) is 4. The number of carboxylic acid groups (broad SMARTS) is 1. The molecule has 0 spiro atoms. The van der Waals surface area contributed by atoms with Crippen LogP contribution in [0, 0.1) is 12.3 Å². The Morgan fingerprint density at radius 1 is 1.30 bits per heavy atom. The number of terminal acetylenes is 1. The van der Waals surface area contributed by atoms with E-state index in [0.29, 0.717) is 27.6 Å². The minimum atomic E-state index is -1.04. The van der Waals surface area contributed by atoms with Crippen LogP contribution in [0.1, 0.15) is 32.5 Å². The van der Waals surface area contributed by atoms with Gasteiger partial charge in [-0.05, 0) is 35.4 Å². The Morgan fingerprint density at radius 2 is 2.07 bits per heavy atom. The third kappa shape index (κ3) is 3.78. The summed E-state index contributed by atoms with van der Waals surface area (Å²) in [6.45, 7) is 0.142. The van der Waals surface area contributed by atoms with Crippen molar-refractivity contribution in [3.05, 3.63) is 68.9 Å². The predicted octanol–water partition coefficient (Wildman–Crippen LogP) is 5.25. The predicted molar refractivity (Wildman–Crippen MR) is 118 cm³/mol. The second-order valence-electron chi connectivity index (χ2n) is 6.73. The first-order valence-electron chi connectivity index (χ1n) is 9.10. The number of carbonyl (C=O) groups is 2. The van der Waals surface area contributed by atoms with Crippen molar-refractivity contribution in [1.29, 1.82) is 0 Å². The van der Waals surface area contributed by atoms with E-state index in [1.807, 2.05) is 18.2 Å². The Kier molecular flexibility index (Phi) is 5.49. The van der Waals surface area contributed by atoms with Gasteiger partial charge in [0.2, 0.25) is 5.91 Å². The number of anilines is 1. The number of carboxylic acids is 1. The molecular weight excluding hydrogens is 422 g/mol. The van der Waals surface area contributed by atoms with E-state index in [9.17, 15) is 14.7 Å². The van der Waals surface area contributed by atoms with Crippen molar-refractivity contribution < 1.29 is 19.4 Å². The van der Waals surface area contributed by atoms with Crippen LogP contribution in [0.15, 0.2) is 48.5 Å². The highest BCUT2D eigenvalue weighted by atomic mass is 35.5. The summed E-state index contributed by atoms with van der Waals surface area (Å²) in [4.78, 5) is 25.5. The van der Waals surface area contributed by atoms with Crippen molar-refractivity contribution in [3.8, 4) is 29.2 Å². The zero-order valence-electron chi connectivity index (χ0n) is 15.6. The van der Waals surface area contributed by atoms with Crippen LogP contribution >= 0.6 is 22.9 Å². The van der Waals surface area contributed by atoms with Gasteiger partial charge in [0, 0.05) is 27.8 Å². The van der Waals surface area contributed by atoms with Crippen molar-refractivity contribution in [2.75, 3.05) is 11.9 Å². The number of nitrogens with one attached hydrogen (secondary N) is 1. The fraction of sp³-hybridized carbons (Fsp3) is 0.130. The van der Waals surface area contributed by atoms with Gasteiger partial charge in [0.05, 0.1) is 5.69 Å². The fourth-order valence-electron chi connectivity index (χ4n) is 3.54. The van der Waals surface area contributed by atoms with Gasteiger partial charge in [0.1, 0.15) is 17.2 Å². The van der Waals surface area contributed by atoms with Crippen molar-refractivity contribution in [2.45, 2.75) is 12.3 Å². The Hall–Kier alpha value is -3.27. The maximum atomic E-state index is 12.6. The first kappa shape index (κ1) is 20.0. The second kappa shape index (κ2) is 8.23. The fourth-order valence-corrected chi connectivity index (χ4v) is 4.92. The average molecular weight is 438 g/mol. The third-order valence-electron chi connectivity index (χ3n) is 4.82. The zero-order chi connectivity index (χ0) is 21.3. The molecule has 30 heavy (non-hydrogen) atoms. The van der Waals surface area contributed by atoms with Gasteiger partial charge in [-0.3, -0.25) is 4.79 Å². The molecule has 1 aliphatic heterocycles. The number of fused-ring (bicyclic) bond motifs is 1. The summed E-state index contributed by atoms with van der Waals surface area (Å²) in [5.41, 5.74) is 2.58. The molecule has 1 unspecified atom stereocenters. The molecule has 3 aromatic rings. The minimum absolute atomic E-state index is 0.142. The van der Waals surface area contributed by atoms with Gasteiger partial charge < -0.3 is 15.2 Å². The molecule has 0 saturated carbocycles. The summed E-state index contributed by atoms with van der Waals surface area (Å²) in [6.07, 6.45) is 5.47. The van der Waals surface area contributed by atoms with Crippen LogP contribution in [0.5, 0.6) is 5.75 Å². The van der Waals surface area contributed by atoms with Crippen molar-refractivity contribution in [1.82, 2.24) is 0 Å². The van der Waals surface area contributed by atoms with Gasteiger partial charge in [-0.25, -0.2) is 4.79 Å². The summed E-state index contributed by atoms with van der Waals surface area (Å²) >= 11 is 7.17. The number of rotatable bonds is 5. The smallest absolute Gasteiger partial charge is 0.346 e. The van der Waals surface area contributed by atoms with Gasteiger partial charge in [-0.2, -0.15) is 0 Å². The summed E-state index contributed by atoms with van der Waals surface area (Å²) in [6, 6.07) is 14.3. The van der Waals surface area contributed by atoms with Crippen molar-refractivity contribution >= 4 is 40.5 Å². The normalized spacial score (nSPS) is 15.1. The highest BCUT2D eigenvalue weighted by Gasteiger charge is 2.34. The van der Waals surface area contributed by atoms with Gasteiger partial charge in [-0.15, -0.1) is 17.8 Å². The molecule has 0 fully saturated rings. The first-order valence-corrected chi connectivity index (χ1v) is 10.3. The van der Waals surface area contributed by atoms with Crippen molar-refractivity contribution in [3.63, 3.8) is 0 Å². The Bertz CT molecular complexity index is 1180. The molecular formula is C23H16ClNO4S. The van der Waals surface area contributed by atoms with Crippen LogP contribution < -0.4 is 10.1 Å². The molecule has 0 saturated heterocycles. The molecule has 0 bridgehead atoms. The third-order valence-corrected chi connectivity index (χ3v) is 6.36. The van der Waals surface area contributed by atoms with E-state index >= 15 is 0 Å². The standard InChI is InChI=1S/C23H16ClNO4S/c1-2-10-29-16-5-3-4-14(11-16)17-12-18(26)25-20-19(13-6-8-15(24)9-7-13)22(23(27)28)30-21(17)20/h1,3-9,11,17H,10,12H2,(H,25,26)(H,27,28). The minimum Gasteiger partial charge on any atom is -0.481 e. The molecule has 1 aliphatic rings. The Labute approximate surface area is 182 Å². The van der Waals surface area contributed by atoms with Crippen LogP contribution in [0.4, 0.5) is 5.69 Å². The number of benzene rings is 2. The maximum absolute atomic E-state index is 12.6. The number of hydrogen-bond donors (Lipinski definition) is 2. The van der Waals surface area contributed by atoms with E-state index in [1.165, 1.54) is 11.3 Å². The van der Waals surface area contributed by atoms with Gasteiger partial charge in [0.25, 0.3) is 0 Å². The molecule has 1 aromatic heterocycles. The molecule has 1 atom stereocenters. The molecule has 5 nitrogen and oxygen atoms in total. The summed E-state index contributed by atoms with van der Waals surface area (Å²) in [5, 5.41) is 13.3. The van der Waals surface area contributed by atoms with Crippen LogP contribution in [-0.2, 0) is 4.79 Å². The topological polar surface area (TPSA) is 75.6 Å². The van der Waals surface area contributed by atoms with Gasteiger partial charge in [-0.1, -0.05) is 41.8 Å². The highest BCUT2D eigenvalue weighted by molar-refractivity contribution is 7.15. The maximum Gasteiger partial charge on any atom is 0.346 e. The van der Waals surface area contributed by atoms with Gasteiger partial charge in [0.15, 0.2) is 0 Å². The average Bonchev–Trinajstić information content (AvgIpc) is 3.12. The van der Waals surface area contributed by atoms with Crippen LogP contribution in [0.2, 0.25) is 5.02 Å².